The number of rotatable bonds is 17. The Bertz CT molecular complexity index is 1140. The van der Waals surface area contributed by atoms with Crippen molar-refractivity contribution in [1.29, 1.82) is 0 Å². The summed E-state index contributed by atoms with van der Waals surface area (Å²) in [6.07, 6.45) is 0. The minimum Gasteiger partial charge on any atom is -0.480 e. The maximum absolute atomic E-state index is 13.0. The zero-order valence-electron chi connectivity index (χ0n) is 33.0. The number of nitrogens with zero attached hydrogens (tertiary/aromatic N) is 3. The molecule has 0 saturated carbocycles. The molecule has 0 saturated heterocycles. The summed E-state index contributed by atoms with van der Waals surface area (Å²) in [5.74, 6) is -4.62. The molecule has 0 aromatic rings. The molecule has 0 spiro atoms. The predicted octanol–water partition coefficient (Wildman–Crippen LogP) is 3.26. The number of hydrogen-bond acceptors (Lipinski definition) is 14. The van der Waals surface area contributed by atoms with Gasteiger partial charge in [-0.3, -0.25) is 38.6 Å². The average Bonchev–Trinajstić information content (AvgIpc) is 2.82. The highest BCUT2D eigenvalue weighted by Crippen LogP contribution is 2.17. The molecular formula is C35H63N3O12. The first-order chi connectivity index (χ1) is 22.3. The Morgan fingerprint density at radius 2 is 0.840 bits per heavy atom. The summed E-state index contributed by atoms with van der Waals surface area (Å²) in [6.45, 7) is 22.7. The van der Waals surface area contributed by atoms with Crippen LogP contribution in [0.5, 0.6) is 0 Å². The second-order valence-corrected chi connectivity index (χ2v) is 17.2. The molecule has 0 rings (SSSR count). The van der Waals surface area contributed by atoms with Crippen molar-refractivity contribution >= 4 is 35.8 Å². The molecule has 0 unspecified atom stereocenters. The van der Waals surface area contributed by atoms with Gasteiger partial charge in [-0.1, -0.05) is 0 Å². The lowest BCUT2D eigenvalue weighted by atomic mass is 9.97. The Hall–Kier alpha value is -3.30. The first-order valence-electron chi connectivity index (χ1n) is 16.7. The lowest BCUT2D eigenvalue weighted by Gasteiger charge is -2.34. The Morgan fingerprint density at radius 1 is 0.520 bits per heavy atom. The number of aliphatic carboxylic acids is 1. The second-order valence-electron chi connectivity index (χ2n) is 17.2. The van der Waals surface area contributed by atoms with Gasteiger partial charge in [-0.05, 0) is 104 Å². The van der Waals surface area contributed by atoms with Gasteiger partial charge in [0.05, 0.1) is 25.0 Å². The van der Waals surface area contributed by atoms with Crippen LogP contribution in [0.15, 0.2) is 0 Å². The van der Waals surface area contributed by atoms with Crippen LogP contribution in [-0.4, -0.2) is 137 Å². The molecule has 15 nitrogen and oxygen atoms in total. The summed E-state index contributed by atoms with van der Waals surface area (Å²) < 4.78 is 27.3. The Kier molecular flexibility index (Phi) is 17.6. The maximum Gasteiger partial charge on any atom is 0.322 e. The Labute approximate surface area is 298 Å². The van der Waals surface area contributed by atoms with Crippen molar-refractivity contribution in [1.82, 2.24) is 14.7 Å². The zero-order valence-corrected chi connectivity index (χ0v) is 33.0. The molecule has 15 heteroatoms. The molecule has 50 heavy (non-hydrogen) atoms. The van der Waals surface area contributed by atoms with Gasteiger partial charge in [0.2, 0.25) is 0 Å². The monoisotopic (exact) mass is 717 g/mol. The lowest BCUT2D eigenvalue weighted by Crippen LogP contribution is -2.54. The number of carboxylic acid groups (broad SMARTS) is 1. The fourth-order valence-electron chi connectivity index (χ4n) is 4.14. The molecule has 0 aromatic carbocycles. The van der Waals surface area contributed by atoms with Gasteiger partial charge in [0.1, 0.15) is 41.7 Å². The molecule has 0 bridgehead atoms. The van der Waals surface area contributed by atoms with E-state index in [0.29, 0.717) is 0 Å². The van der Waals surface area contributed by atoms with Crippen LogP contribution in [0.2, 0.25) is 0 Å². The third-order valence-electron chi connectivity index (χ3n) is 5.93. The van der Waals surface area contributed by atoms with Crippen molar-refractivity contribution < 1.29 is 57.6 Å². The van der Waals surface area contributed by atoms with E-state index in [0.717, 1.165) is 4.90 Å². The van der Waals surface area contributed by atoms with Gasteiger partial charge in [0.25, 0.3) is 0 Å². The van der Waals surface area contributed by atoms with Crippen molar-refractivity contribution in [3.8, 4) is 0 Å². The lowest BCUT2D eigenvalue weighted by molar-refractivity contribution is -0.170. The molecule has 0 heterocycles. The summed E-state index contributed by atoms with van der Waals surface area (Å²) in [5.41, 5.74) is -4.22. The number of hydrogen-bond donors (Lipinski definition) is 1. The molecule has 0 radical (unpaired) electrons. The van der Waals surface area contributed by atoms with Crippen LogP contribution >= 0.6 is 0 Å². The molecule has 0 aromatic heterocycles. The van der Waals surface area contributed by atoms with Gasteiger partial charge in [-0.25, -0.2) is 4.90 Å². The number of carboxylic acids is 1. The molecule has 0 amide bonds. The zero-order chi connectivity index (χ0) is 39.5. The van der Waals surface area contributed by atoms with Crippen molar-refractivity contribution in [2.45, 2.75) is 132 Å². The smallest absolute Gasteiger partial charge is 0.322 e. The van der Waals surface area contributed by atoms with Gasteiger partial charge in [0.15, 0.2) is 0 Å². The van der Waals surface area contributed by atoms with Crippen LogP contribution in [0.1, 0.15) is 104 Å². The summed E-state index contributed by atoms with van der Waals surface area (Å²) in [7, 11) is 0. The highest BCUT2D eigenvalue weighted by atomic mass is 16.6. The van der Waals surface area contributed by atoms with Crippen LogP contribution in [0.3, 0.4) is 0 Å². The van der Waals surface area contributed by atoms with E-state index in [9.17, 15) is 33.9 Å². The molecule has 1 atom stereocenters. The van der Waals surface area contributed by atoms with Crippen LogP contribution < -0.4 is 0 Å². The summed E-state index contributed by atoms with van der Waals surface area (Å²) >= 11 is 0. The van der Waals surface area contributed by atoms with Gasteiger partial charge < -0.3 is 28.8 Å². The summed E-state index contributed by atoms with van der Waals surface area (Å²) in [5, 5.41) is 10.4. The van der Waals surface area contributed by atoms with E-state index >= 15 is 0 Å². The Morgan fingerprint density at radius 3 is 1.16 bits per heavy atom. The largest absolute Gasteiger partial charge is 0.480 e. The normalized spacial score (nSPS) is 13.6. The van der Waals surface area contributed by atoms with E-state index in [1.54, 1.807) is 104 Å². The van der Waals surface area contributed by atoms with E-state index in [1.165, 1.54) is 9.80 Å². The fourth-order valence-corrected chi connectivity index (χ4v) is 4.14. The van der Waals surface area contributed by atoms with Crippen molar-refractivity contribution in [3.05, 3.63) is 0 Å². The van der Waals surface area contributed by atoms with Gasteiger partial charge >= 0.3 is 35.8 Å². The first-order valence-corrected chi connectivity index (χ1v) is 16.7. The highest BCUT2D eigenvalue weighted by Gasteiger charge is 2.34. The number of carbonyl (C=O) groups excluding carboxylic acids is 5. The maximum atomic E-state index is 13.0. The van der Waals surface area contributed by atoms with Crippen LogP contribution in [0.25, 0.3) is 0 Å². The fraction of sp³-hybridized carbons (Fsp3) is 0.829. The minimum absolute atomic E-state index is 0.00129. The second kappa shape index (κ2) is 18.8. The van der Waals surface area contributed by atoms with E-state index in [-0.39, 0.29) is 39.3 Å². The predicted molar refractivity (Wildman–Crippen MR) is 185 cm³/mol. The average molecular weight is 718 g/mol. The van der Waals surface area contributed by atoms with Gasteiger partial charge in [-0.2, -0.15) is 0 Å². The third-order valence-corrected chi connectivity index (χ3v) is 5.93. The molecule has 0 aliphatic rings. The number of carbonyl (C=O) groups is 6. The van der Waals surface area contributed by atoms with Crippen molar-refractivity contribution in [3.63, 3.8) is 0 Å². The van der Waals surface area contributed by atoms with Crippen LogP contribution in [0, 0.1) is 5.41 Å². The molecule has 0 fully saturated rings. The van der Waals surface area contributed by atoms with E-state index in [1.807, 2.05) is 0 Å². The Balaban J connectivity index is 6.58. The number of ether oxygens (including phenoxy) is 5. The molecule has 0 aliphatic heterocycles. The van der Waals surface area contributed by atoms with E-state index in [4.69, 9.17) is 23.7 Å². The van der Waals surface area contributed by atoms with Crippen molar-refractivity contribution in [2.24, 2.45) is 5.41 Å². The number of esters is 5. The summed E-state index contributed by atoms with van der Waals surface area (Å²) in [4.78, 5) is 81.0. The van der Waals surface area contributed by atoms with Crippen LogP contribution in [0.4, 0.5) is 0 Å². The highest BCUT2D eigenvalue weighted by molar-refractivity contribution is 5.78. The summed E-state index contributed by atoms with van der Waals surface area (Å²) in [6, 6.07) is -1.48. The third kappa shape index (κ3) is 23.2. The van der Waals surface area contributed by atoms with E-state index < -0.39 is 83.0 Å². The molecule has 0 aliphatic carbocycles. The quantitative estimate of drug-likeness (QED) is 0.132. The van der Waals surface area contributed by atoms with E-state index in [2.05, 4.69) is 0 Å². The first kappa shape index (κ1) is 46.7. The van der Waals surface area contributed by atoms with Gasteiger partial charge in [0, 0.05) is 19.6 Å². The molecular weight excluding hydrogens is 654 g/mol. The SMILES string of the molecule is CC(C)(C)OC(=O)CN(CCN(CC(=O)OC(C)(C)C)C[C@H](C(=O)O)N(COC(=O)C(C)(C)C)CC(=O)OC(C)(C)C)CC(=O)OC(C)(C)C. The van der Waals surface area contributed by atoms with Crippen LogP contribution in [-0.2, 0) is 52.5 Å². The minimum atomic E-state index is -1.48. The molecule has 290 valence electrons. The van der Waals surface area contributed by atoms with Crippen molar-refractivity contribution in [2.75, 3.05) is 52.5 Å². The van der Waals surface area contributed by atoms with Gasteiger partial charge in [-0.15, -0.1) is 0 Å². The standard InChI is InChI=1S/C35H63N3O12/c1-31(2,3)30(45)46-23-38(22-28(42)50-35(13,14)15)24(29(43)44)18-36(19-25(39)47-32(4,5)6)16-17-37(20-26(40)48-33(7,8)9)21-27(41)49-34(10,11)12/h24H,16-23H2,1-15H3,(H,43,44)/t24-/m1/s1. The molecule has 1 N–H and O–H groups in total. The topological polar surface area (TPSA) is 179 Å².